The van der Waals surface area contributed by atoms with Crippen molar-refractivity contribution in [3.8, 4) is 5.75 Å². The van der Waals surface area contributed by atoms with Crippen LogP contribution in [-0.4, -0.2) is 30.0 Å². The third-order valence-corrected chi connectivity index (χ3v) is 4.16. The molecule has 1 aromatic carbocycles. The van der Waals surface area contributed by atoms with Gasteiger partial charge in [0.05, 0.1) is 11.6 Å². The summed E-state index contributed by atoms with van der Waals surface area (Å²) in [5.41, 5.74) is 6.49. The van der Waals surface area contributed by atoms with E-state index in [0.717, 1.165) is 30.8 Å². The second-order valence-corrected chi connectivity index (χ2v) is 5.90. The number of nitrogens with zero attached hydrogens (tertiary/aromatic N) is 1. The van der Waals surface area contributed by atoms with Crippen molar-refractivity contribution in [3.05, 3.63) is 28.8 Å². The molecular formula is C16H23ClN2O2. The van der Waals surface area contributed by atoms with E-state index in [1.807, 2.05) is 25.1 Å². The summed E-state index contributed by atoms with van der Waals surface area (Å²) in [5, 5.41) is 0.637. The number of carbonyl (C=O) groups excluding carboxylic acids is 1. The first-order valence-electron chi connectivity index (χ1n) is 7.53. The van der Waals surface area contributed by atoms with Gasteiger partial charge in [0, 0.05) is 19.0 Å². The lowest BCUT2D eigenvalue weighted by Crippen LogP contribution is -2.41. The molecule has 1 aromatic rings. The highest BCUT2D eigenvalue weighted by molar-refractivity contribution is 6.32. The predicted molar refractivity (Wildman–Crippen MR) is 84.5 cm³/mol. The van der Waals surface area contributed by atoms with Crippen LogP contribution in [0.15, 0.2) is 18.2 Å². The molecule has 2 rings (SSSR count). The molecule has 1 amide bonds. The molecule has 1 fully saturated rings. The average Bonchev–Trinajstić information content (AvgIpc) is 2.44. The molecule has 0 radical (unpaired) electrons. The summed E-state index contributed by atoms with van der Waals surface area (Å²) in [5.74, 6) is 0.492. The van der Waals surface area contributed by atoms with Crippen LogP contribution < -0.4 is 10.5 Å². The molecule has 116 valence electrons. The molecule has 1 aliphatic rings. The number of amides is 1. The van der Waals surface area contributed by atoms with Gasteiger partial charge in [-0.15, -0.1) is 0 Å². The van der Waals surface area contributed by atoms with Gasteiger partial charge in [-0.3, -0.25) is 9.69 Å². The fourth-order valence-electron chi connectivity index (χ4n) is 2.88. The van der Waals surface area contributed by atoms with Crippen molar-refractivity contribution in [1.29, 1.82) is 0 Å². The summed E-state index contributed by atoms with van der Waals surface area (Å²) in [6.45, 7) is 4.34. The number of carbonyl (C=O) groups is 1. The SMILES string of the molecule is CCOc1ccc(CN2CCCC[C@H]2CC(N)=O)cc1Cl. The number of nitrogens with two attached hydrogens (primary N) is 1. The summed E-state index contributed by atoms with van der Waals surface area (Å²) >= 11 is 6.23. The minimum atomic E-state index is -0.225. The maximum absolute atomic E-state index is 11.2. The highest BCUT2D eigenvalue weighted by Gasteiger charge is 2.24. The molecule has 5 heteroatoms. The van der Waals surface area contributed by atoms with Gasteiger partial charge in [-0.1, -0.05) is 24.1 Å². The van der Waals surface area contributed by atoms with Crippen LogP contribution in [0.2, 0.25) is 5.02 Å². The van der Waals surface area contributed by atoms with Gasteiger partial charge < -0.3 is 10.5 Å². The van der Waals surface area contributed by atoms with Gasteiger partial charge in [0.1, 0.15) is 5.75 Å². The minimum Gasteiger partial charge on any atom is -0.492 e. The van der Waals surface area contributed by atoms with Gasteiger partial charge >= 0.3 is 0 Å². The van der Waals surface area contributed by atoms with E-state index in [0.29, 0.717) is 18.1 Å². The number of rotatable bonds is 6. The van der Waals surface area contributed by atoms with Gasteiger partial charge in [0.15, 0.2) is 0 Å². The molecule has 4 nitrogen and oxygen atoms in total. The van der Waals surface area contributed by atoms with Crippen molar-refractivity contribution in [2.24, 2.45) is 5.73 Å². The Morgan fingerprint density at radius 2 is 2.29 bits per heavy atom. The Bertz CT molecular complexity index is 493. The number of piperidine rings is 1. The fraction of sp³-hybridized carbons (Fsp3) is 0.562. The first-order chi connectivity index (χ1) is 10.1. The molecule has 0 unspecified atom stereocenters. The van der Waals surface area contributed by atoms with E-state index in [2.05, 4.69) is 4.90 Å². The predicted octanol–water partition coefficient (Wildman–Crippen LogP) is 2.97. The zero-order chi connectivity index (χ0) is 15.2. The average molecular weight is 311 g/mol. The van der Waals surface area contributed by atoms with Gasteiger partial charge in [-0.2, -0.15) is 0 Å². The molecule has 0 aromatic heterocycles. The van der Waals surface area contributed by atoms with Gasteiger partial charge in [0.25, 0.3) is 0 Å². The van der Waals surface area contributed by atoms with Crippen LogP contribution in [0.5, 0.6) is 5.75 Å². The Balaban J connectivity index is 2.04. The molecule has 1 atom stereocenters. The van der Waals surface area contributed by atoms with Crippen molar-refractivity contribution >= 4 is 17.5 Å². The first-order valence-corrected chi connectivity index (χ1v) is 7.91. The van der Waals surface area contributed by atoms with Crippen LogP contribution in [0, 0.1) is 0 Å². The van der Waals surface area contributed by atoms with Crippen LogP contribution >= 0.6 is 11.6 Å². The summed E-state index contributed by atoms with van der Waals surface area (Å²) in [6, 6.07) is 6.14. The van der Waals surface area contributed by atoms with E-state index in [1.165, 1.54) is 12.8 Å². The summed E-state index contributed by atoms with van der Waals surface area (Å²) in [6.07, 6.45) is 3.80. The minimum absolute atomic E-state index is 0.225. The normalized spacial score (nSPS) is 19.4. The summed E-state index contributed by atoms with van der Waals surface area (Å²) in [7, 11) is 0. The number of likely N-dealkylation sites (tertiary alicyclic amines) is 1. The van der Waals surface area contributed by atoms with E-state index in [9.17, 15) is 4.79 Å². The molecule has 0 bridgehead atoms. The molecule has 21 heavy (non-hydrogen) atoms. The third kappa shape index (κ3) is 4.61. The van der Waals surface area contributed by atoms with E-state index < -0.39 is 0 Å². The molecule has 0 saturated carbocycles. The van der Waals surface area contributed by atoms with E-state index in [4.69, 9.17) is 22.1 Å². The number of primary amides is 1. The Labute approximate surface area is 131 Å². The highest BCUT2D eigenvalue weighted by Crippen LogP contribution is 2.28. The highest BCUT2D eigenvalue weighted by atomic mass is 35.5. The standard InChI is InChI=1S/C16H23ClN2O2/c1-2-21-15-7-6-12(9-14(15)17)11-19-8-4-3-5-13(19)10-16(18)20/h6-7,9,13H,2-5,8,10-11H2,1H3,(H2,18,20)/t13-/m0/s1. The van der Waals surface area contributed by atoms with E-state index >= 15 is 0 Å². The maximum Gasteiger partial charge on any atom is 0.218 e. The number of hydrogen-bond donors (Lipinski definition) is 1. The van der Waals surface area contributed by atoms with Crippen LogP contribution in [0.25, 0.3) is 0 Å². The van der Waals surface area contributed by atoms with Crippen LogP contribution in [0.1, 0.15) is 38.2 Å². The maximum atomic E-state index is 11.2. The molecule has 2 N–H and O–H groups in total. The van der Waals surface area contributed by atoms with Gasteiger partial charge in [-0.05, 0) is 44.0 Å². The molecular weight excluding hydrogens is 288 g/mol. The molecule has 0 spiro atoms. The largest absolute Gasteiger partial charge is 0.492 e. The van der Waals surface area contributed by atoms with Crippen molar-refractivity contribution in [3.63, 3.8) is 0 Å². The van der Waals surface area contributed by atoms with Crippen LogP contribution in [0.3, 0.4) is 0 Å². The zero-order valence-corrected chi connectivity index (χ0v) is 13.2. The van der Waals surface area contributed by atoms with Crippen molar-refractivity contribution in [1.82, 2.24) is 4.90 Å². The lowest BCUT2D eigenvalue weighted by molar-refractivity contribution is -0.119. The Morgan fingerprint density at radius 3 is 2.95 bits per heavy atom. The molecule has 1 aliphatic heterocycles. The molecule has 0 aliphatic carbocycles. The monoisotopic (exact) mass is 310 g/mol. The molecule has 1 saturated heterocycles. The molecule has 1 heterocycles. The first kappa shape index (κ1) is 16.1. The van der Waals surface area contributed by atoms with E-state index in [1.54, 1.807) is 0 Å². The van der Waals surface area contributed by atoms with Gasteiger partial charge in [-0.25, -0.2) is 0 Å². The zero-order valence-electron chi connectivity index (χ0n) is 12.5. The fourth-order valence-corrected chi connectivity index (χ4v) is 3.14. The third-order valence-electron chi connectivity index (χ3n) is 3.87. The van der Waals surface area contributed by atoms with Crippen LogP contribution in [-0.2, 0) is 11.3 Å². The number of hydrogen-bond acceptors (Lipinski definition) is 3. The smallest absolute Gasteiger partial charge is 0.218 e. The van der Waals surface area contributed by atoms with Gasteiger partial charge in [0.2, 0.25) is 5.91 Å². The van der Waals surface area contributed by atoms with Crippen molar-refractivity contribution in [2.45, 2.75) is 45.2 Å². The topological polar surface area (TPSA) is 55.6 Å². The van der Waals surface area contributed by atoms with E-state index in [-0.39, 0.29) is 11.9 Å². The summed E-state index contributed by atoms with van der Waals surface area (Å²) < 4.78 is 5.45. The van der Waals surface area contributed by atoms with Crippen molar-refractivity contribution < 1.29 is 9.53 Å². The summed E-state index contributed by atoms with van der Waals surface area (Å²) in [4.78, 5) is 13.5. The van der Waals surface area contributed by atoms with Crippen LogP contribution in [0.4, 0.5) is 0 Å². The van der Waals surface area contributed by atoms with Crippen molar-refractivity contribution in [2.75, 3.05) is 13.2 Å². The quantitative estimate of drug-likeness (QED) is 0.879. The Morgan fingerprint density at radius 1 is 1.48 bits per heavy atom. The number of benzene rings is 1. The second kappa shape index (κ2) is 7.66. The lowest BCUT2D eigenvalue weighted by atomic mass is 9.98. The number of ether oxygens (including phenoxy) is 1. The lowest BCUT2D eigenvalue weighted by Gasteiger charge is -2.35. The number of halogens is 1. The Kier molecular flexibility index (Phi) is 5.88. The Hall–Kier alpha value is -1.26. The second-order valence-electron chi connectivity index (χ2n) is 5.49.